The predicted molar refractivity (Wildman–Crippen MR) is 131 cm³/mol. The highest BCUT2D eigenvalue weighted by molar-refractivity contribution is 5.91. The summed E-state index contributed by atoms with van der Waals surface area (Å²) in [7, 11) is 1.67. The lowest BCUT2D eigenvalue weighted by molar-refractivity contribution is 0.205. The number of hydrogen-bond donors (Lipinski definition) is 1. The fraction of sp³-hybridized carbons (Fsp3) is 0.259. The van der Waals surface area contributed by atoms with E-state index in [9.17, 15) is 4.79 Å². The number of aryl methyl sites for hydroxylation is 2. The number of carbonyl (C=O) groups is 1. The van der Waals surface area contributed by atoms with Gasteiger partial charge in [0, 0.05) is 24.0 Å². The number of carbonyl (C=O) groups excluding carboxylic acids is 1. The topological polar surface area (TPSA) is 58.9 Å². The highest BCUT2D eigenvalue weighted by Gasteiger charge is 2.34. The van der Waals surface area contributed by atoms with Crippen LogP contribution < -0.4 is 10.1 Å². The molecule has 6 heteroatoms. The number of hydrogen-bond acceptors (Lipinski definition) is 3. The summed E-state index contributed by atoms with van der Waals surface area (Å²) in [4.78, 5) is 20.4. The molecule has 2 aromatic carbocycles. The molecular weight excluding hydrogens is 412 g/mol. The van der Waals surface area contributed by atoms with Crippen molar-refractivity contribution in [2.24, 2.45) is 0 Å². The van der Waals surface area contributed by atoms with E-state index in [2.05, 4.69) is 15.8 Å². The fourth-order valence-electron chi connectivity index (χ4n) is 4.75. The van der Waals surface area contributed by atoms with E-state index in [-0.39, 0.29) is 12.1 Å². The number of fused-ring (bicyclic) bond motifs is 1. The Morgan fingerprint density at radius 3 is 2.64 bits per heavy atom. The van der Waals surface area contributed by atoms with Crippen LogP contribution in [0.25, 0.3) is 16.8 Å². The van der Waals surface area contributed by atoms with Crippen molar-refractivity contribution >= 4 is 17.2 Å². The molecule has 0 saturated carbocycles. The molecule has 1 N–H and O–H groups in total. The van der Waals surface area contributed by atoms with Gasteiger partial charge in [-0.3, -0.25) is 0 Å². The first-order chi connectivity index (χ1) is 16.1. The third kappa shape index (κ3) is 3.82. The highest BCUT2D eigenvalue weighted by Crippen LogP contribution is 2.36. The standard InChI is InChI=1S/C27H28N4O2/c1-18-9-6-10-19(2)24(18)29-27(32)31-16-8-14-23(31)26-28-25(22-13-4-5-15-30(22)26)20-11-7-12-21(17-20)33-3/h4-7,9-13,15,17,23H,8,14,16H2,1-3H3,(H,29,32). The van der Waals surface area contributed by atoms with Crippen LogP contribution in [0.4, 0.5) is 10.5 Å². The van der Waals surface area contributed by atoms with Gasteiger partial charge in [-0.15, -0.1) is 0 Å². The van der Waals surface area contributed by atoms with E-state index in [0.717, 1.165) is 58.0 Å². The number of benzene rings is 2. The average Bonchev–Trinajstić information content (AvgIpc) is 3.46. The maximum atomic E-state index is 13.4. The number of pyridine rings is 1. The van der Waals surface area contributed by atoms with Crippen molar-refractivity contribution in [3.63, 3.8) is 0 Å². The van der Waals surface area contributed by atoms with E-state index >= 15 is 0 Å². The number of nitrogens with zero attached hydrogens (tertiary/aromatic N) is 3. The van der Waals surface area contributed by atoms with E-state index in [1.165, 1.54) is 0 Å². The Morgan fingerprint density at radius 1 is 1.06 bits per heavy atom. The Hall–Kier alpha value is -3.80. The Labute approximate surface area is 193 Å². The maximum absolute atomic E-state index is 13.4. The molecule has 3 heterocycles. The molecule has 0 spiro atoms. The average molecular weight is 441 g/mol. The van der Waals surface area contributed by atoms with Gasteiger partial charge in [0.1, 0.15) is 11.6 Å². The number of ether oxygens (including phenoxy) is 1. The molecule has 168 valence electrons. The zero-order valence-corrected chi connectivity index (χ0v) is 19.2. The minimum Gasteiger partial charge on any atom is -0.497 e. The molecule has 1 fully saturated rings. The summed E-state index contributed by atoms with van der Waals surface area (Å²) >= 11 is 0. The van der Waals surface area contributed by atoms with Crippen LogP contribution in [0.2, 0.25) is 0 Å². The molecule has 6 nitrogen and oxygen atoms in total. The second-order valence-corrected chi connectivity index (χ2v) is 8.55. The number of methoxy groups -OCH3 is 1. The molecule has 0 bridgehead atoms. The number of aromatic nitrogens is 2. The summed E-state index contributed by atoms with van der Waals surface area (Å²) in [5.41, 5.74) is 5.91. The number of urea groups is 1. The number of imidazole rings is 1. The molecule has 33 heavy (non-hydrogen) atoms. The van der Waals surface area contributed by atoms with Crippen molar-refractivity contribution < 1.29 is 9.53 Å². The van der Waals surface area contributed by atoms with Crippen LogP contribution in [0.3, 0.4) is 0 Å². The lowest BCUT2D eigenvalue weighted by atomic mass is 10.1. The zero-order valence-electron chi connectivity index (χ0n) is 19.2. The van der Waals surface area contributed by atoms with Crippen molar-refractivity contribution in [3.05, 3.63) is 83.8 Å². The largest absolute Gasteiger partial charge is 0.497 e. The van der Waals surface area contributed by atoms with Gasteiger partial charge in [-0.25, -0.2) is 9.78 Å². The first-order valence-electron chi connectivity index (χ1n) is 11.3. The van der Waals surface area contributed by atoms with E-state index in [1.807, 2.05) is 79.5 Å². The SMILES string of the molecule is COc1cccc(-c2nc(C3CCCN3C(=O)Nc3c(C)cccc3C)n3ccccc23)c1. The van der Waals surface area contributed by atoms with Crippen molar-refractivity contribution in [2.45, 2.75) is 32.7 Å². The van der Waals surface area contributed by atoms with Crippen LogP contribution >= 0.6 is 0 Å². The van der Waals surface area contributed by atoms with Crippen molar-refractivity contribution in [1.82, 2.24) is 14.3 Å². The number of nitrogens with one attached hydrogen (secondary N) is 1. The van der Waals surface area contributed by atoms with E-state index in [4.69, 9.17) is 9.72 Å². The summed E-state index contributed by atoms with van der Waals surface area (Å²) in [6, 6.07) is 19.9. The summed E-state index contributed by atoms with van der Waals surface area (Å²) in [5, 5.41) is 3.16. The summed E-state index contributed by atoms with van der Waals surface area (Å²) in [6.07, 6.45) is 3.86. The predicted octanol–water partition coefficient (Wildman–Crippen LogP) is 6.00. The molecule has 1 aliphatic heterocycles. The Bertz CT molecular complexity index is 1310. The number of anilines is 1. The molecule has 1 unspecified atom stereocenters. The lowest BCUT2D eigenvalue weighted by Gasteiger charge is -2.25. The van der Waals surface area contributed by atoms with Crippen LogP contribution in [0.5, 0.6) is 5.75 Å². The van der Waals surface area contributed by atoms with Gasteiger partial charge < -0.3 is 19.4 Å². The second-order valence-electron chi connectivity index (χ2n) is 8.55. The highest BCUT2D eigenvalue weighted by atomic mass is 16.5. The van der Waals surface area contributed by atoms with Crippen molar-refractivity contribution in [2.75, 3.05) is 19.0 Å². The van der Waals surface area contributed by atoms with Crippen LogP contribution in [-0.2, 0) is 0 Å². The van der Waals surface area contributed by atoms with Gasteiger partial charge in [0.15, 0.2) is 0 Å². The first-order valence-corrected chi connectivity index (χ1v) is 11.3. The van der Waals surface area contributed by atoms with Gasteiger partial charge in [-0.05, 0) is 62.1 Å². The van der Waals surface area contributed by atoms with Crippen molar-refractivity contribution in [1.29, 1.82) is 0 Å². The van der Waals surface area contributed by atoms with Crippen LogP contribution in [0, 0.1) is 13.8 Å². The minimum atomic E-state index is -0.0939. The number of rotatable bonds is 4. The molecule has 2 amide bonds. The van der Waals surface area contributed by atoms with Gasteiger partial charge in [-0.2, -0.15) is 0 Å². The monoisotopic (exact) mass is 440 g/mol. The van der Waals surface area contributed by atoms with Gasteiger partial charge in [0.05, 0.1) is 24.4 Å². The van der Waals surface area contributed by atoms with E-state index in [1.54, 1.807) is 7.11 Å². The first kappa shape index (κ1) is 21.1. The second kappa shape index (κ2) is 8.62. The number of amides is 2. The van der Waals surface area contributed by atoms with Gasteiger partial charge in [0.25, 0.3) is 0 Å². The molecular formula is C27H28N4O2. The molecule has 5 rings (SSSR count). The quantitative estimate of drug-likeness (QED) is 0.424. The minimum absolute atomic E-state index is 0.0782. The van der Waals surface area contributed by atoms with Crippen LogP contribution in [0.15, 0.2) is 66.9 Å². The summed E-state index contributed by atoms with van der Waals surface area (Å²) in [6.45, 7) is 4.75. The maximum Gasteiger partial charge on any atom is 0.322 e. The Kier molecular flexibility index (Phi) is 5.50. The van der Waals surface area contributed by atoms with Gasteiger partial charge >= 0.3 is 6.03 Å². The molecule has 1 aliphatic rings. The third-order valence-corrected chi connectivity index (χ3v) is 6.44. The number of likely N-dealkylation sites (tertiary alicyclic amines) is 1. The van der Waals surface area contributed by atoms with Gasteiger partial charge in [0.2, 0.25) is 0 Å². The summed E-state index contributed by atoms with van der Waals surface area (Å²) < 4.78 is 7.54. The summed E-state index contributed by atoms with van der Waals surface area (Å²) in [5.74, 6) is 1.68. The van der Waals surface area contributed by atoms with Crippen LogP contribution in [-0.4, -0.2) is 34.0 Å². The molecule has 1 saturated heterocycles. The van der Waals surface area contributed by atoms with Gasteiger partial charge in [-0.1, -0.05) is 36.4 Å². The number of para-hydroxylation sites is 1. The fourth-order valence-corrected chi connectivity index (χ4v) is 4.75. The third-order valence-electron chi connectivity index (χ3n) is 6.44. The molecule has 2 aromatic heterocycles. The zero-order chi connectivity index (χ0) is 22.9. The lowest BCUT2D eigenvalue weighted by Crippen LogP contribution is -2.35. The molecule has 0 radical (unpaired) electrons. The normalized spacial score (nSPS) is 15.7. The molecule has 4 aromatic rings. The van der Waals surface area contributed by atoms with Crippen molar-refractivity contribution in [3.8, 4) is 17.0 Å². The van der Waals surface area contributed by atoms with Crippen LogP contribution in [0.1, 0.15) is 35.8 Å². The smallest absolute Gasteiger partial charge is 0.322 e. The Morgan fingerprint density at radius 2 is 1.85 bits per heavy atom. The Balaban J connectivity index is 1.52. The van der Waals surface area contributed by atoms with E-state index in [0.29, 0.717) is 6.54 Å². The molecule has 1 atom stereocenters. The van der Waals surface area contributed by atoms with E-state index < -0.39 is 0 Å². The molecule has 0 aliphatic carbocycles.